The van der Waals surface area contributed by atoms with E-state index < -0.39 is 0 Å². The number of halogens is 2. The average molecular weight is 313 g/mol. The van der Waals surface area contributed by atoms with E-state index in [0.29, 0.717) is 22.3 Å². The van der Waals surface area contributed by atoms with Gasteiger partial charge in [0.05, 0.1) is 28.0 Å². The molecule has 1 amide bonds. The Morgan fingerprint density at radius 2 is 2.00 bits per heavy atom. The number of para-hydroxylation sites is 1. The molecule has 2 rings (SSSR count). The molecule has 1 heterocycles. The lowest BCUT2D eigenvalue weighted by molar-refractivity contribution is -0.115. The van der Waals surface area contributed by atoms with Crippen LogP contribution in [0, 0.1) is 0 Å². The summed E-state index contributed by atoms with van der Waals surface area (Å²) in [6, 6.07) is 6.95. The fraction of sp³-hybridized carbons (Fsp3) is 0.231. The van der Waals surface area contributed by atoms with Crippen molar-refractivity contribution in [1.82, 2.24) is 15.1 Å². The van der Waals surface area contributed by atoms with Crippen molar-refractivity contribution in [1.29, 1.82) is 0 Å². The third-order valence-corrected chi connectivity index (χ3v) is 3.22. The van der Waals surface area contributed by atoms with Gasteiger partial charge in [-0.3, -0.25) is 9.48 Å². The molecule has 2 N–H and O–H groups in total. The number of rotatable bonds is 5. The smallest absolute Gasteiger partial charge is 0.238 e. The Hall–Kier alpha value is -1.56. The lowest BCUT2D eigenvalue weighted by atomic mass is 10.3. The second-order valence-corrected chi connectivity index (χ2v) is 5.04. The first-order chi connectivity index (χ1) is 9.56. The molecule has 5 nitrogen and oxygen atoms in total. The molecule has 0 fully saturated rings. The Morgan fingerprint density at radius 3 is 2.60 bits per heavy atom. The zero-order valence-corrected chi connectivity index (χ0v) is 12.4. The van der Waals surface area contributed by atoms with E-state index in [1.807, 2.05) is 19.3 Å². The van der Waals surface area contributed by atoms with E-state index in [9.17, 15) is 4.79 Å². The Bertz CT molecular complexity index is 592. The summed E-state index contributed by atoms with van der Waals surface area (Å²) in [7, 11) is 1.84. The second kappa shape index (κ2) is 6.74. The normalized spacial score (nSPS) is 10.6. The zero-order valence-electron chi connectivity index (χ0n) is 10.9. The van der Waals surface area contributed by atoms with Crippen LogP contribution in [-0.4, -0.2) is 22.2 Å². The summed E-state index contributed by atoms with van der Waals surface area (Å²) in [5, 5.41) is 10.7. The minimum Gasteiger partial charge on any atom is -0.322 e. The predicted octanol–water partition coefficient (Wildman–Crippen LogP) is 2.46. The highest BCUT2D eigenvalue weighted by Gasteiger charge is 2.09. The molecule has 0 atom stereocenters. The summed E-state index contributed by atoms with van der Waals surface area (Å²) < 4.78 is 1.71. The van der Waals surface area contributed by atoms with Crippen molar-refractivity contribution < 1.29 is 4.79 Å². The summed E-state index contributed by atoms with van der Waals surface area (Å²) in [4.78, 5) is 11.8. The van der Waals surface area contributed by atoms with Crippen LogP contribution in [-0.2, 0) is 18.4 Å². The molecular weight excluding hydrogens is 299 g/mol. The molecule has 0 bridgehead atoms. The molecule has 0 saturated heterocycles. The maximum absolute atomic E-state index is 11.8. The average Bonchev–Trinajstić information content (AvgIpc) is 2.80. The minimum absolute atomic E-state index is 0.151. The highest BCUT2D eigenvalue weighted by Crippen LogP contribution is 2.29. The van der Waals surface area contributed by atoms with Crippen LogP contribution in [0.3, 0.4) is 0 Å². The number of carbonyl (C=O) groups excluding carboxylic acids is 1. The Labute approximate surface area is 126 Å². The summed E-state index contributed by atoms with van der Waals surface area (Å²) in [5.74, 6) is -0.212. The summed E-state index contributed by atoms with van der Waals surface area (Å²) in [6.45, 7) is 0.669. The molecule has 2 aromatic rings. The van der Waals surface area contributed by atoms with E-state index >= 15 is 0 Å². The van der Waals surface area contributed by atoms with Crippen molar-refractivity contribution >= 4 is 34.8 Å². The molecule has 1 aromatic carbocycles. The topological polar surface area (TPSA) is 59.0 Å². The number of anilines is 1. The standard InChI is InChI=1S/C13H14Cl2N4O/c1-19-6-5-9(18-19)7-16-8-12(20)17-13-10(14)3-2-4-11(13)15/h2-6,16H,7-8H2,1H3,(H,17,20). The predicted molar refractivity (Wildman–Crippen MR) is 80.0 cm³/mol. The van der Waals surface area contributed by atoms with Gasteiger partial charge in [-0.1, -0.05) is 29.3 Å². The van der Waals surface area contributed by atoms with E-state index in [2.05, 4.69) is 15.7 Å². The monoisotopic (exact) mass is 312 g/mol. The highest BCUT2D eigenvalue weighted by molar-refractivity contribution is 6.39. The van der Waals surface area contributed by atoms with Gasteiger partial charge in [0.1, 0.15) is 0 Å². The van der Waals surface area contributed by atoms with E-state index in [-0.39, 0.29) is 12.5 Å². The number of hydrogen-bond acceptors (Lipinski definition) is 3. The van der Waals surface area contributed by atoms with Gasteiger partial charge in [0.15, 0.2) is 0 Å². The van der Waals surface area contributed by atoms with E-state index in [4.69, 9.17) is 23.2 Å². The van der Waals surface area contributed by atoms with Crippen LogP contribution >= 0.6 is 23.2 Å². The van der Waals surface area contributed by atoms with Gasteiger partial charge in [0.25, 0.3) is 0 Å². The van der Waals surface area contributed by atoms with Gasteiger partial charge in [-0.05, 0) is 18.2 Å². The maximum atomic E-state index is 11.8. The molecule has 20 heavy (non-hydrogen) atoms. The molecule has 7 heteroatoms. The number of nitrogens with one attached hydrogen (secondary N) is 2. The van der Waals surface area contributed by atoms with Crippen LogP contribution in [0.5, 0.6) is 0 Å². The minimum atomic E-state index is -0.212. The van der Waals surface area contributed by atoms with Gasteiger partial charge < -0.3 is 10.6 Å². The van der Waals surface area contributed by atoms with Crippen LogP contribution in [0.15, 0.2) is 30.5 Å². The van der Waals surface area contributed by atoms with Crippen LogP contribution in [0.2, 0.25) is 10.0 Å². The fourth-order valence-electron chi connectivity index (χ4n) is 1.66. The van der Waals surface area contributed by atoms with Crippen molar-refractivity contribution in [2.75, 3.05) is 11.9 Å². The number of aryl methyl sites for hydroxylation is 1. The van der Waals surface area contributed by atoms with Crippen LogP contribution in [0.4, 0.5) is 5.69 Å². The summed E-state index contributed by atoms with van der Waals surface area (Å²) in [5.41, 5.74) is 1.30. The quantitative estimate of drug-likeness (QED) is 0.891. The number of amides is 1. The second-order valence-electron chi connectivity index (χ2n) is 4.23. The third-order valence-electron chi connectivity index (χ3n) is 2.59. The summed E-state index contributed by atoms with van der Waals surface area (Å²) in [6.07, 6.45) is 1.85. The number of nitrogens with zero attached hydrogens (tertiary/aromatic N) is 2. The zero-order chi connectivity index (χ0) is 14.5. The molecule has 0 saturated carbocycles. The van der Waals surface area contributed by atoms with Gasteiger partial charge in [0.2, 0.25) is 5.91 Å². The van der Waals surface area contributed by atoms with E-state index in [1.54, 1.807) is 22.9 Å². The first-order valence-corrected chi connectivity index (χ1v) is 6.75. The summed E-state index contributed by atoms with van der Waals surface area (Å²) >= 11 is 11.9. The molecule has 106 valence electrons. The molecule has 0 radical (unpaired) electrons. The largest absolute Gasteiger partial charge is 0.322 e. The van der Waals surface area contributed by atoms with Gasteiger partial charge in [-0.25, -0.2) is 0 Å². The number of benzene rings is 1. The maximum Gasteiger partial charge on any atom is 0.238 e. The molecule has 0 unspecified atom stereocenters. The first-order valence-electron chi connectivity index (χ1n) is 5.99. The van der Waals surface area contributed by atoms with Crippen molar-refractivity contribution in [3.05, 3.63) is 46.2 Å². The van der Waals surface area contributed by atoms with Crippen molar-refractivity contribution in [3.63, 3.8) is 0 Å². The van der Waals surface area contributed by atoms with Crippen molar-refractivity contribution in [2.24, 2.45) is 7.05 Å². The Morgan fingerprint density at radius 1 is 1.30 bits per heavy atom. The SMILES string of the molecule is Cn1ccc(CNCC(=O)Nc2c(Cl)cccc2Cl)n1. The van der Waals surface area contributed by atoms with Crippen LogP contribution in [0.1, 0.15) is 5.69 Å². The molecule has 0 spiro atoms. The van der Waals surface area contributed by atoms with Crippen LogP contribution < -0.4 is 10.6 Å². The number of aromatic nitrogens is 2. The molecule has 1 aromatic heterocycles. The molecular formula is C13H14Cl2N4O. The fourth-order valence-corrected chi connectivity index (χ4v) is 2.15. The highest BCUT2D eigenvalue weighted by atomic mass is 35.5. The van der Waals surface area contributed by atoms with Crippen molar-refractivity contribution in [2.45, 2.75) is 6.54 Å². The molecule has 0 aliphatic rings. The lowest BCUT2D eigenvalue weighted by Gasteiger charge is -2.09. The number of hydrogen-bond donors (Lipinski definition) is 2. The Balaban J connectivity index is 1.84. The van der Waals surface area contributed by atoms with Crippen molar-refractivity contribution in [3.8, 4) is 0 Å². The third kappa shape index (κ3) is 3.96. The van der Waals surface area contributed by atoms with Gasteiger partial charge >= 0.3 is 0 Å². The lowest BCUT2D eigenvalue weighted by Crippen LogP contribution is -2.28. The van der Waals surface area contributed by atoms with E-state index in [1.165, 1.54) is 0 Å². The van der Waals surface area contributed by atoms with Gasteiger partial charge in [-0.2, -0.15) is 5.10 Å². The van der Waals surface area contributed by atoms with Crippen LogP contribution in [0.25, 0.3) is 0 Å². The van der Waals surface area contributed by atoms with Gasteiger partial charge in [0, 0.05) is 19.8 Å². The Kier molecular flexibility index (Phi) is 5.00. The number of carbonyl (C=O) groups is 1. The molecule has 0 aliphatic carbocycles. The first kappa shape index (κ1) is 14.8. The van der Waals surface area contributed by atoms with E-state index in [0.717, 1.165) is 5.69 Å². The van der Waals surface area contributed by atoms with Gasteiger partial charge in [-0.15, -0.1) is 0 Å². The molecule has 0 aliphatic heterocycles.